The maximum absolute atomic E-state index is 11.2. The Morgan fingerprint density at radius 3 is 2.75 bits per heavy atom. The van der Waals surface area contributed by atoms with Gasteiger partial charge in [-0.15, -0.1) is 0 Å². The zero-order valence-corrected chi connectivity index (χ0v) is 9.77. The summed E-state index contributed by atoms with van der Waals surface area (Å²) in [6.45, 7) is 1.95. The van der Waals surface area contributed by atoms with E-state index < -0.39 is 6.10 Å². The first-order valence-corrected chi connectivity index (χ1v) is 5.10. The Morgan fingerprint density at radius 2 is 2.31 bits per heavy atom. The second-order valence-electron chi connectivity index (χ2n) is 3.65. The third kappa shape index (κ3) is 3.20. The van der Waals surface area contributed by atoms with Gasteiger partial charge in [0.15, 0.2) is 0 Å². The van der Waals surface area contributed by atoms with Crippen molar-refractivity contribution in [2.75, 3.05) is 25.5 Å². The number of amides is 1. The van der Waals surface area contributed by atoms with E-state index in [0.29, 0.717) is 5.69 Å². The van der Waals surface area contributed by atoms with Crippen molar-refractivity contribution in [1.29, 1.82) is 0 Å². The van der Waals surface area contributed by atoms with Crippen LogP contribution in [0.1, 0.15) is 18.7 Å². The number of hydrogen-bond donors (Lipinski definition) is 2. The fourth-order valence-electron chi connectivity index (χ4n) is 1.26. The molecule has 1 heterocycles. The van der Waals surface area contributed by atoms with Crippen LogP contribution in [-0.2, 0) is 4.79 Å². The smallest absolute Gasteiger partial charge is 0.239 e. The van der Waals surface area contributed by atoms with Crippen LogP contribution in [0.3, 0.4) is 0 Å². The quantitative estimate of drug-likeness (QED) is 0.771. The molecule has 1 aromatic rings. The molecule has 0 aliphatic rings. The van der Waals surface area contributed by atoms with Gasteiger partial charge >= 0.3 is 0 Å². The zero-order chi connectivity index (χ0) is 12.1. The third-order valence-corrected chi connectivity index (χ3v) is 2.30. The first-order valence-electron chi connectivity index (χ1n) is 5.10. The van der Waals surface area contributed by atoms with Gasteiger partial charge in [0.25, 0.3) is 0 Å². The zero-order valence-electron chi connectivity index (χ0n) is 9.77. The van der Waals surface area contributed by atoms with E-state index in [0.717, 1.165) is 5.69 Å². The van der Waals surface area contributed by atoms with Crippen molar-refractivity contribution in [3.63, 3.8) is 0 Å². The van der Waals surface area contributed by atoms with E-state index >= 15 is 0 Å². The molecule has 5 heteroatoms. The fraction of sp³-hybridized carbons (Fsp3) is 0.455. The average molecular weight is 223 g/mol. The summed E-state index contributed by atoms with van der Waals surface area (Å²) in [7, 11) is 3.42. The Morgan fingerprint density at radius 1 is 1.62 bits per heavy atom. The van der Waals surface area contributed by atoms with Crippen molar-refractivity contribution in [1.82, 2.24) is 10.3 Å². The Balaban J connectivity index is 2.70. The first kappa shape index (κ1) is 12.4. The number of aliphatic hydroxyl groups is 1. The number of hydrogen-bond acceptors (Lipinski definition) is 4. The van der Waals surface area contributed by atoms with E-state index in [1.54, 1.807) is 31.1 Å². The Kier molecular flexibility index (Phi) is 4.25. The van der Waals surface area contributed by atoms with Crippen LogP contribution in [0.5, 0.6) is 0 Å². The molecule has 0 aliphatic carbocycles. The SMILES string of the molecule is CNC(=O)CN(C)c1ccc([C@@H](C)O)nc1. The molecule has 0 bridgehead atoms. The van der Waals surface area contributed by atoms with Crippen LogP contribution in [0.25, 0.3) is 0 Å². The van der Waals surface area contributed by atoms with Gasteiger partial charge < -0.3 is 15.3 Å². The predicted octanol–water partition coefficient (Wildman–Crippen LogP) is 0.317. The van der Waals surface area contributed by atoms with E-state index in [1.807, 2.05) is 13.1 Å². The standard InChI is InChI=1S/C11H17N3O2/c1-8(15)10-5-4-9(6-13-10)14(3)7-11(16)12-2/h4-6,8,15H,7H2,1-3H3,(H,12,16)/t8-/m1/s1. The summed E-state index contributed by atoms with van der Waals surface area (Å²) in [5.74, 6) is -0.0536. The normalized spacial score (nSPS) is 12.0. The van der Waals surface area contributed by atoms with Crippen LogP contribution >= 0.6 is 0 Å². The van der Waals surface area contributed by atoms with Crippen molar-refractivity contribution in [3.05, 3.63) is 24.0 Å². The lowest BCUT2D eigenvalue weighted by atomic mass is 10.2. The number of pyridine rings is 1. The third-order valence-electron chi connectivity index (χ3n) is 2.30. The molecule has 0 saturated heterocycles. The van der Waals surface area contributed by atoms with Gasteiger partial charge in [-0.3, -0.25) is 9.78 Å². The summed E-state index contributed by atoms with van der Waals surface area (Å²) in [6.07, 6.45) is 1.07. The van der Waals surface area contributed by atoms with Gasteiger partial charge in [0.1, 0.15) is 0 Å². The van der Waals surface area contributed by atoms with E-state index in [9.17, 15) is 9.90 Å². The Labute approximate surface area is 95.1 Å². The summed E-state index contributed by atoms with van der Waals surface area (Å²) >= 11 is 0. The molecule has 0 radical (unpaired) electrons. The molecule has 1 rings (SSSR count). The number of nitrogens with one attached hydrogen (secondary N) is 1. The molecule has 88 valence electrons. The minimum Gasteiger partial charge on any atom is -0.387 e. The second-order valence-corrected chi connectivity index (χ2v) is 3.65. The molecule has 0 saturated carbocycles. The van der Waals surface area contributed by atoms with Gasteiger partial charge in [0, 0.05) is 14.1 Å². The van der Waals surface area contributed by atoms with Gasteiger partial charge in [0.2, 0.25) is 5.91 Å². The Hall–Kier alpha value is -1.62. The number of anilines is 1. The summed E-state index contributed by atoms with van der Waals surface area (Å²) in [4.78, 5) is 17.1. The maximum atomic E-state index is 11.2. The lowest BCUT2D eigenvalue weighted by molar-refractivity contribution is -0.119. The molecule has 16 heavy (non-hydrogen) atoms. The minimum absolute atomic E-state index is 0.0536. The highest BCUT2D eigenvalue weighted by Crippen LogP contribution is 2.14. The van der Waals surface area contributed by atoms with E-state index in [1.165, 1.54) is 0 Å². The second kappa shape index (κ2) is 5.46. The number of nitrogens with zero attached hydrogens (tertiary/aromatic N) is 2. The number of aromatic nitrogens is 1. The van der Waals surface area contributed by atoms with Gasteiger partial charge in [-0.25, -0.2) is 0 Å². The van der Waals surface area contributed by atoms with Crippen molar-refractivity contribution in [2.24, 2.45) is 0 Å². The fourth-order valence-corrected chi connectivity index (χ4v) is 1.26. The molecule has 1 amide bonds. The number of carbonyl (C=O) groups is 1. The molecule has 5 nitrogen and oxygen atoms in total. The summed E-state index contributed by atoms with van der Waals surface area (Å²) in [5, 5.41) is 11.9. The van der Waals surface area contributed by atoms with Crippen molar-refractivity contribution >= 4 is 11.6 Å². The molecular weight excluding hydrogens is 206 g/mol. The number of aliphatic hydroxyl groups excluding tert-OH is 1. The van der Waals surface area contributed by atoms with Crippen LogP contribution in [0.4, 0.5) is 5.69 Å². The number of likely N-dealkylation sites (N-methyl/N-ethyl adjacent to an activating group) is 2. The van der Waals surface area contributed by atoms with Gasteiger partial charge in [0.05, 0.1) is 30.2 Å². The summed E-state index contributed by atoms with van der Waals surface area (Å²) in [5.41, 5.74) is 1.46. The first-order chi connectivity index (χ1) is 7.54. The van der Waals surface area contributed by atoms with E-state index in [4.69, 9.17) is 0 Å². The highest BCUT2D eigenvalue weighted by molar-refractivity contribution is 5.80. The molecule has 1 atom stereocenters. The van der Waals surface area contributed by atoms with E-state index in [2.05, 4.69) is 10.3 Å². The lowest BCUT2D eigenvalue weighted by Crippen LogP contribution is -2.32. The van der Waals surface area contributed by atoms with Crippen LogP contribution in [0.2, 0.25) is 0 Å². The van der Waals surface area contributed by atoms with E-state index in [-0.39, 0.29) is 12.5 Å². The molecule has 0 unspecified atom stereocenters. The molecule has 0 fully saturated rings. The summed E-state index contributed by atoms with van der Waals surface area (Å²) < 4.78 is 0. The van der Waals surface area contributed by atoms with Crippen LogP contribution in [-0.4, -0.2) is 36.6 Å². The highest BCUT2D eigenvalue weighted by Gasteiger charge is 2.07. The lowest BCUT2D eigenvalue weighted by Gasteiger charge is -2.18. The summed E-state index contributed by atoms with van der Waals surface area (Å²) in [6, 6.07) is 3.58. The molecular formula is C11H17N3O2. The van der Waals surface area contributed by atoms with Crippen molar-refractivity contribution < 1.29 is 9.90 Å². The topological polar surface area (TPSA) is 65.5 Å². The molecule has 0 aromatic carbocycles. The highest BCUT2D eigenvalue weighted by atomic mass is 16.3. The molecule has 1 aromatic heterocycles. The largest absolute Gasteiger partial charge is 0.387 e. The number of rotatable bonds is 4. The van der Waals surface area contributed by atoms with Crippen LogP contribution in [0.15, 0.2) is 18.3 Å². The van der Waals surface area contributed by atoms with Gasteiger partial charge in [-0.05, 0) is 19.1 Å². The van der Waals surface area contributed by atoms with Crippen molar-refractivity contribution in [3.8, 4) is 0 Å². The van der Waals surface area contributed by atoms with Crippen LogP contribution in [0, 0.1) is 0 Å². The predicted molar refractivity (Wildman–Crippen MR) is 62.2 cm³/mol. The maximum Gasteiger partial charge on any atom is 0.239 e. The van der Waals surface area contributed by atoms with Gasteiger partial charge in [-0.1, -0.05) is 0 Å². The van der Waals surface area contributed by atoms with Gasteiger partial charge in [-0.2, -0.15) is 0 Å². The van der Waals surface area contributed by atoms with Crippen molar-refractivity contribution in [2.45, 2.75) is 13.0 Å². The monoisotopic (exact) mass is 223 g/mol. The van der Waals surface area contributed by atoms with Crippen LogP contribution < -0.4 is 10.2 Å². The molecule has 2 N–H and O–H groups in total. The average Bonchev–Trinajstić information content (AvgIpc) is 2.28. The Bertz CT molecular complexity index is 349. The molecule has 0 spiro atoms. The number of carbonyl (C=O) groups excluding carboxylic acids is 1. The molecule has 0 aliphatic heterocycles. The minimum atomic E-state index is -0.571.